The lowest BCUT2D eigenvalue weighted by atomic mass is 10.2. The predicted molar refractivity (Wildman–Crippen MR) is 125 cm³/mol. The van der Waals surface area contributed by atoms with Crippen LogP contribution in [-0.4, -0.2) is 43.3 Å². The number of nitrogens with one attached hydrogen (secondary N) is 1. The lowest BCUT2D eigenvalue weighted by Crippen LogP contribution is -2.15. The molecular formula is C23H24N6O2S. The van der Waals surface area contributed by atoms with Crippen molar-refractivity contribution in [2.45, 2.75) is 25.9 Å². The van der Waals surface area contributed by atoms with Crippen LogP contribution in [-0.2, 0) is 4.79 Å². The highest BCUT2D eigenvalue weighted by atomic mass is 32.2. The minimum atomic E-state index is -0.140. The molecule has 32 heavy (non-hydrogen) atoms. The van der Waals surface area contributed by atoms with Crippen LogP contribution in [0, 0.1) is 20.8 Å². The maximum absolute atomic E-state index is 12.7. The molecule has 0 unspecified atom stereocenters. The van der Waals surface area contributed by atoms with E-state index in [0.717, 1.165) is 28.5 Å². The number of amides is 1. The maximum Gasteiger partial charge on any atom is 0.234 e. The van der Waals surface area contributed by atoms with E-state index in [1.54, 1.807) is 13.4 Å². The molecule has 0 aliphatic rings. The Morgan fingerprint density at radius 3 is 2.59 bits per heavy atom. The fourth-order valence-electron chi connectivity index (χ4n) is 3.38. The van der Waals surface area contributed by atoms with Crippen molar-refractivity contribution in [2.75, 3.05) is 18.2 Å². The maximum atomic E-state index is 12.7. The van der Waals surface area contributed by atoms with Crippen LogP contribution in [0.25, 0.3) is 11.4 Å². The first-order chi connectivity index (χ1) is 15.5. The van der Waals surface area contributed by atoms with Crippen LogP contribution < -0.4 is 10.1 Å². The molecule has 0 radical (unpaired) electrons. The summed E-state index contributed by atoms with van der Waals surface area (Å²) >= 11 is 1.31. The number of carbonyl (C=O) groups excluding carboxylic acids is 1. The number of aromatic nitrogens is 5. The van der Waals surface area contributed by atoms with Gasteiger partial charge in [0.15, 0.2) is 5.16 Å². The molecule has 0 saturated carbocycles. The van der Waals surface area contributed by atoms with Crippen molar-refractivity contribution in [2.24, 2.45) is 0 Å². The highest BCUT2D eigenvalue weighted by Crippen LogP contribution is 2.27. The summed E-state index contributed by atoms with van der Waals surface area (Å²) < 4.78 is 9.08. The van der Waals surface area contributed by atoms with Gasteiger partial charge in [-0.3, -0.25) is 9.36 Å². The molecule has 0 aliphatic heterocycles. The van der Waals surface area contributed by atoms with E-state index < -0.39 is 0 Å². The zero-order chi connectivity index (χ0) is 22.7. The number of methoxy groups -OCH3 is 1. The summed E-state index contributed by atoms with van der Waals surface area (Å²) in [5.41, 5.74) is 5.31. The third-order valence-corrected chi connectivity index (χ3v) is 5.97. The standard InChI is InChI=1S/C23H24N6O2S/c1-15-9-11-18(12-10-15)29-17(3)22(16(2)27-29)25-21(30)13-32-23-26-24-14-28(23)19-7-5-6-8-20(19)31-4/h5-12,14H,13H2,1-4H3,(H,25,30). The number of ether oxygens (including phenoxy) is 1. The first kappa shape index (κ1) is 21.6. The van der Waals surface area contributed by atoms with Gasteiger partial charge in [-0.2, -0.15) is 5.10 Å². The third kappa shape index (κ3) is 4.38. The fraction of sp³-hybridized carbons (Fsp3) is 0.217. The van der Waals surface area contributed by atoms with Gasteiger partial charge in [-0.25, -0.2) is 4.68 Å². The monoisotopic (exact) mass is 448 g/mol. The second-order valence-corrected chi connectivity index (χ2v) is 8.23. The van der Waals surface area contributed by atoms with E-state index in [2.05, 4.69) is 20.6 Å². The Hall–Kier alpha value is -3.59. The van der Waals surface area contributed by atoms with Gasteiger partial charge < -0.3 is 10.1 Å². The van der Waals surface area contributed by atoms with Gasteiger partial charge >= 0.3 is 0 Å². The molecule has 0 fully saturated rings. The largest absolute Gasteiger partial charge is 0.495 e. The first-order valence-electron chi connectivity index (χ1n) is 10.1. The van der Waals surface area contributed by atoms with E-state index in [9.17, 15) is 4.79 Å². The van der Waals surface area contributed by atoms with E-state index in [0.29, 0.717) is 10.9 Å². The number of thioether (sulfide) groups is 1. The zero-order valence-corrected chi connectivity index (χ0v) is 19.2. The molecule has 0 spiro atoms. The quantitative estimate of drug-likeness (QED) is 0.428. The molecule has 8 nitrogen and oxygen atoms in total. The Morgan fingerprint density at radius 2 is 1.84 bits per heavy atom. The van der Waals surface area contributed by atoms with E-state index in [1.165, 1.54) is 17.3 Å². The summed E-state index contributed by atoms with van der Waals surface area (Å²) in [6.45, 7) is 5.88. The molecule has 9 heteroatoms. The molecule has 0 aliphatic carbocycles. The van der Waals surface area contributed by atoms with Crippen LogP contribution in [0.3, 0.4) is 0 Å². The van der Waals surface area contributed by atoms with Crippen molar-refractivity contribution in [3.8, 4) is 17.1 Å². The third-order valence-electron chi connectivity index (χ3n) is 5.03. The molecule has 4 aromatic rings. The first-order valence-corrected chi connectivity index (χ1v) is 11.1. The molecule has 1 amide bonds. The van der Waals surface area contributed by atoms with Crippen LogP contribution in [0.5, 0.6) is 5.75 Å². The number of aryl methyl sites for hydroxylation is 2. The Labute approximate surface area is 190 Å². The summed E-state index contributed by atoms with van der Waals surface area (Å²) in [5, 5.41) is 16.4. The van der Waals surface area contributed by atoms with Crippen LogP contribution in [0.4, 0.5) is 5.69 Å². The van der Waals surface area contributed by atoms with Crippen LogP contribution >= 0.6 is 11.8 Å². The van der Waals surface area contributed by atoms with Gasteiger partial charge in [0.05, 0.1) is 41.3 Å². The summed E-state index contributed by atoms with van der Waals surface area (Å²) in [5.74, 6) is 0.746. The lowest BCUT2D eigenvalue weighted by Gasteiger charge is -2.11. The van der Waals surface area contributed by atoms with Gasteiger partial charge in [0.2, 0.25) is 5.91 Å². The molecule has 4 rings (SSSR count). The van der Waals surface area contributed by atoms with Crippen molar-refractivity contribution in [1.82, 2.24) is 24.5 Å². The number of anilines is 1. The number of hydrogen-bond acceptors (Lipinski definition) is 6. The summed E-state index contributed by atoms with van der Waals surface area (Å²) in [6.07, 6.45) is 1.61. The van der Waals surface area contributed by atoms with Gasteiger partial charge in [-0.1, -0.05) is 41.6 Å². The van der Waals surface area contributed by atoms with Crippen LogP contribution in [0.1, 0.15) is 17.0 Å². The minimum absolute atomic E-state index is 0.140. The number of nitrogens with zero attached hydrogens (tertiary/aromatic N) is 5. The Kier molecular flexibility index (Phi) is 6.27. The molecule has 2 aromatic carbocycles. The average Bonchev–Trinajstić information content (AvgIpc) is 3.38. The molecular weight excluding hydrogens is 424 g/mol. The smallest absolute Gasteiger partial charge is 0.234 e. The summed E-state index contributed by atoms with van der Waals surface area (Å²) in [6, 6.07) is 15.7. The molecule has 0 bridgehead atoms. The SMILES string of the molecule is COc1ccccc1-n1cnnc1SCC(=O)Nc1c(C)nn(-c2ccc(C)cc2)c1C. The van der Waals surface area contributed by atoms with Gasteiger partial charge in [0.25, 0.3) is 0 Å². The van der Waals surface area contributed by atoms with E-state index >= 15 is 0 Å². The van der Waals surface area contributed by atoms with Gasteiger partial charge in [0, 0.05) is 0 Å². The number of benzene rings is 2. The number of rotatable bonds is 7. The van der Waals surface area contributed by atoms with Crippen molar-refractivity contribution in [1.29, 1.82) is 0 Å². The van der Waals surface area contributed by atoms with Crippen LogP contribution in [0.2, 0.25) is 0 Å². The summed E-state index contributed by atoms with van der Waals surface area (Å²) in [7, 11) is 1.62. The van der Waals surface area contributed by atoms with Crippen molar-refractivity contribution >= 4 is 23.4 Å². The number of carbonyl (C=O) groups is 1. The summed E-state index contributed by atoms with van der Waals surface area (Å²) in [4.78, 5) is 12.7. The number of para-hydroxylation sites is 2. The minimum Gasteiger partial charge on any atom is -0.495 e. The molecule has 0 atom stereocenters. The predicted octanol–water partition coefficient (Wildman–Crippen LogP) is 4.12. The molecule has 164 valence electrons. The van der Waals surface area contributed by atoms with E-state index in [4.69, 9.17) is 4.74 Å². The van der Waals surface area contributed by atoms with E-state index in [1.807, 2.05) is 78.6 Å². The molecule has 1 N–H and O–H groups in total. The second kappa shape index (κ2) is 9.27. The van der Waals surface area contributed by atoms with Crippen LogP contribution in [0.15, 0.2) is 60.0 Å². The van der Waals surface area contributed by atoms with Crippen molar-refractivity contribution in [3.05, 3.63) is 71.8 Å². The zero-order valence-electron chi connectivity index (χ0n) is 18.4. The Balaban J connectivity index is 1.47. The lowest BCUT2D eigenvalue weighted by molar-refractivity contribution is -0.113. The van der Waals surface area contributed by atoms with Gasteiger partial charge in [0.1, 0.15) is 12.1 Å². The van der Waals surface area contributed by atoms with E-state index in [-0.39, 0.29) is 11.7 Å². The second-order valence-electron chi connectivity index (χ2n) is 7.29. The average molecular weight is 449 g/mol. The number of hydrogen-bond donors (Lipinski definition) is 1. The highest BCUT2D eigenvalue weighted by molar-refractivity contribution is 7.99. The fourth-order valence-corrected chi connectivity index (χ4v) is 4.11. The topological polar surface area (TPSA) is 86.9 Å². The molecule has 2 heterocycles. The molecule has 2 aromatic heterocycles. The normalized spacial score (nSPS) is 10.9. The Morgan fingerprint density at radius 1 is 1.09 bits per heavy atom. The van der Waals surface area contributed by atoms with Crippen molar-refractivity contribution < 1.29 is 9.53 Å². The van der Waals surface area contributed by atoms with Crippen molar-refractivity contribution in [3.63, 3.8) is 0 Å². The molecule has 0 saturated heterocycles. The van der Waals surface area contributed by atoms with Gasteiger partial charge in [-0.05, 0) is 45.0 Å². The van der Waals surface area contributed by atoms with Gasteiger partial charge in [-0.15, -0.1) is 10.2 Å². The Bertz CT molecular complexity index is 1250. The highest BCUT2D eigenvalue weighted by Gasteiger charge is 2.17.